The molecule has 1 heterocycles. The van der Waals surface area contributed by atoms with Crippen molar-refractivity contribution < 1.29 is 9.59 Å². The smallest absolute Gasteiger partial charge is 0.253 e. The molecule has 0 aliphatic carbocycles. The van der Waals surface area contributed by atoms with E-state index in [1.54, 1.807) is 19.1 Å². The molecule has 1 fully saturated rings. The fourth-order valence-corrected chi connectivity index (χ4v) is 2.29. The second kappa shape index (κ2) is 6.05. The molecule has 2 rings (SSSR count). The predicted molar refractivity (Wildman–Crippen MR) is 78.6 cm³/mol. The topological polar surface area (TPSA) is 75.4 Å². The van der Waals surface area contributed by atoms with Gasteiger partial charge in [-0.2, -0.15) is 0 Å². The van der Waals surface area contributed by atoms with Crippen LogP contribution in [0.4, 0.5) is 5.69 Å². The van der Waals surface area contributed by atoms with Crippen molar-refractivity contribution in [2.75, 3.05) is 18.4 Å². The van der Waals surface area contributed by atoms with Crippen LogP contribution in [0.5, 0.6) is 0 Å². The maximum Gasteiger partial charge on any atom is 0.253 e. The van der Waals surface area contributed by atoms with Gasteiger partial charge in [0.2, 0.25) is 5.91 Å². The highest BCUT2D eigenvalue weighted by Gasteiger charge is 2.20. The molecule has 0 radical (unpaired) electrons. The maximum absolute atomic E-state index is 12.3. The summed E-state index contributed by atoms with van der Waals surface area (Å²) in [6.07, 6.45) is 2.15. The van der Waals surface area contributed by atoms with Crippen LogP contribution in [0.2, 0.25) is 0 Å². The van der Waals surface area contributed by atoms with E-state index in [0.29, 0.717) is 11.3 Å². The van der Waals surface area contributed by atoms with Crippen molar-refractivity contribution in [2.24, 2.45) is 5.73 Å². The van der Waals surface area contributed by atoms with Gasteiger partial charge in [-0.1, -0.05) is 0 Å². The van der Waals surface area contributed by atoms with Crippen LogP contribution in [0.1, 0.15) is 35.7 Å². The highest BCUT2D eigenvalue weighted by molar-refractivity contribution is 5.97. The molecule has 1 saturated heterocycles. The van der Waals surface area contributed by atoms with Gasteiger partial charge in [-0.3, -0.25) is 9.59 Å². The molecular formula is C15H21N3O2. The number of anilines is 1. The van der Waals surface area contributed by atoms with Gasteiger partial charge in [0.05, 0.1) is 6.04 Å². The Balaban J connectivity index is 2.12. The summed E-state index contributed by atoms with van der Waals surface area (Å²) in [4.78, 5) is 25.7. The van der Waals surface area contributed by atoms with E-state index >= 15 is 0 Å². The molecule has 0 saturated carbocycles. The second-order valence-electron chi connectivity index (χ2n) is 5.31. The summed E-state index contributed by atoms with van der Waals surface area (Å²) in [6.45, 7) is 5.18. The molecule has 1 aliphatic rings. The van der Waals surface area contributed by atoms with Crippen LogP contribution in [0.25, 0.3) is 0 Å². The Morgan fingerprint density at radius 2 is 1.95 bits per heavy atom. The molecular weight excluding hydrogens is 254 g/mol. The van der Waals surface area contributed by atoms with Crippen molar-refractivity contribution in [1.29, 1.82) is 0 Å². The first-order valence-corrected chi connectivity index (χ1v) is 6.95. The van der Waals surface area contributed by atoms with Crippen molar-refractivity contribution in [2.45, 2.75) is 32.7 Å². The van der Waals surface area contributed by atoms with Gasteiger partial charge in [-0.05, 0) is 50.5 Å². The van der Waals surface area contributed by atoms with Crippen LogP contribution >= 0.6 is 0 Å². The van der Waals surface area contributed by atoms with E-state index in [-0.39, 0.29) is 11.8 Å². The van der Waals surface area contributed by atoms with E-state index in [4.69, 9.17) is 5.73 Å². The molecule has 1 atom stereocenters. The highest BCUT2D eigenvalue weighted by Crippen LogP contribution is 2.19. The predicted octanol–water partition coefficient (Wildman–Crippen LogP) is 1.52. The third kappa shape index (κ3) is 3.17. The molecule has 1 aromatic rings. The van der Waals surface area contributed by atoms with E-state index in [2.05, 4.69) is 5.32 Å². The van der Waals surface area contributed by atoms with Crippen LogP contribution in [0.15, 0.2) is 18.2 Å². The Morgan fingerprint density at radius 3 is 2.50 bits per heavy atom. The fraction of sp³-hybridized carbons (Fsp3) is 0.467. The Hall–Kier alpha value is -1.88. The Bertz CT molecular complexity index is 520. The first-order chi connectivity index (χ1) is 9.49. The van der Waals surface area contributed by atoms with Crippen LogP contribution in [-0.4, -0.2) is 35.8 Å². The van der Waals surface area contributed by atoms with Crippen LogP contribution in [0, 0.1) is 6.92 Å². The summed E-state index contributed by atoms with van der Waals surface area (Å²) in [5.74, 6) is -0.164. The Labute approximate surface area is 119 Å². The lowest BCUT2D eigenvalue weighted by atomic mass is 10.1. The molecule has 0 bridgehead atoms. The van der Waals surface area contributed by atoms with Gasteiger partial charge < -0.3 is 16.0 Å². The summed E-state index contributed by atoms with van der Waals surface area (Å²) in [5.41, 5.74) is 7.76. The number of rotatable bonds is 3. The van der Waals surface area contributed by atoms with E-state index in [1.807, 2.05) is 17.9 Å². The third-order valence-electron chi connectivity index (χ3n) is 3.54. The number of amides is 2. The minimum atomic E-state index is -0.555. The van der Waals surface area contributed by atoms with E-state index in [1.165, 1.54) is 0 Å². The lowest BCUT2D eigenvalue weighted by Gasteiger charge is -2.16. The summed E-state index contributed by atoms with van der Waals surface area (Å²) >= 11 is 0. The zero-order valence-electron chi connectivity index (χ0n) is 12.0. The van der Waals surface area contributed by atoms with Gasteiger partial charge in [-0.15, -0.1) is 0 Å². The minimum absolute atomic E-state index is 0.0654. The molecule has 5 nitrogen and oxygen atoms in total. The third-order valence-corrected chi connectivity index (χ3v) is 3.54. The lowest BCUT2D eigenvalue weighted by Crippen LogP contribution is -2.32. The van der Waals surface area contributed by atoms with Crippen molar-refractivity contribution in [1.82, 2.24) is 4.90 Å². The van der Waals surface area contributed by atoms with Gasteiger partial charge in [-0.25, -0.2) is 0 Å². The Morgan fingerprint density at radius 1 is 1.30 bits per heavy atom. The number of benzene rings is 1. The largest absolute Gasteiger partial charge is 0.339 e. The second-order valence-corrected chi connectivity index (χ2v) is 5.31. The molecule has 0 unspecified atom stereocenters. The summed E-state index contributed by atoms with van der Waals surface area (Å²) in [5, 5.41) is 2.76. The van der Waals surface area contributed by atoms with Gasteiger partial charge in [0.15, 0.2) is 0 Å². The number of nitrogens with one attached hydrogen (secondary N) is 1. The van der Waals surface area contributed by atoms with Crippen LogP contribution in [0.3, 0.4) is 0 Å². The van der Waals surface area contributed by atoms with Crippen LogP contribution in [-0.2, 0) is 4.79 Å². The van der Waals surface area contributed by atoms with Gasteiger partial charge in [0, 0.05) is 24.3 Å². The zero-order chi connectivity index (χ0) is 14.7. The average Bonchev–Trinajstić information content (AvgIpc) is 2.94. The molecule has 0 spiro atoms. The molecule has 5 heteroatoms. The molecule has 20 heavy (non-hydrogen) atoms. The van der Waals surface area contributed by atoms with E-state index in [0.717, 1.165) is 31.5 Å². The standard InChI is InChI=1S/C15H21N3O2/c1-10-9-12(15(20)18-7-3-4-8-18)5-6-13(10)17-14(19)11(2)16/h5-6,9,11H,3-4,7-8,16H2,1-2H3,(H,17,19)/t11-/m1/s1. The summed E-state index contributed by atoms with van der Waals surface area (Å²) in [6, 6.07) is 4.78. The number of carbonyl (C=O) groups excluding carboxylic acids is 2. The minimum Gasteiger partial charge on any atom is -0.339 e. The fourth-order valence-electron chi connectivity index (χ4n) is 2.29. The number of nitrogens with two attached hydrogens (primary N) is 1. The van der Waals surface area contributed by atoms with Crippen molar-refractivity contribution in [3.8, 4) is 0 Å². The quantitative estimate of drug-likeness (QED) is 0.878. The number of hydrogen-bond donors (Lipinski definition) is 2. The molecule has 108 valence electrons. The molecule has 3 N–H and O–H groups in total. The maximum atomic E-state index is 12.3. The summed E-state index contributed by atoms with van der Waals surface area (Å²) in [7, 11) is 0. The Kier molecular flexibility index (Phi) is 4.39. The van der Waals surface area contributed by atoms with E-state index in [9.17, 15) is 9.59 Å². The number of hydrogen-bond acceptors (Lipinski definition) is 3. The first kappa shape index (κ1) is 14.5. The molecule has 1 aromatic carbocycles. The van der Waals surface area contributed by atoms with Gasteiger partial charge in [0.25, 0.3) is 5.91 Å². The van der Waals surface area contributed by atoms with Crippen molar-refractivity contribution in [3.05, 3.63) is 29.3 Å². The van der Waals surface area contributed by atoms with Crippen molar-refractivity contribution >= 4 is 17.5 Å². The summed E-state index contributed by atoms with van der Waals surface area (Å²) < 4.78 is 0. The number of nitrogens with zero attached hydrogens (tertiary/aromatic N) is 1. The molecule has 2 amide bonds. The SMILES string of the molecule is Cc1cc(C(=O)N2CCCC2)ccc1NC(=O)[C@@H](C)N. The number of aryl methyl sites for hydroxylation is 1. The van der Waals surface area contributed by atoms with Gasteiger partial charge >= 0.3 is 0 Å². The highest BCUT2D eigenvalue weighted by atomic mass is 16.2. The average molecular weight is 275 g/mol. The van der Waals surface area contributed by atoms with Crippen molar-refractivity contribution in [3.63, 3.8) is 0 Å². The first-order valence-electron chi connectivity index (χ1n) is 6.95. The van der Waals surface area contributed by atoms with E-state index < -0.39 is 6.04 Å². The van der Waals surface area contributed by atoms with Crippen LogP contribution < -0.4 is 11.1 Å². The lowest BCUT2D eigenvalue weighted by molar-refractivity contribution is -0.117. The van der Waals surface area contributed by atoms with Gasteiger partial charge in [0.1, 0.15) is 0 Å². The number of likely N-dealkylation sites (tertiary alicyclic amines) is 1. The molecule has 1 aliphatic heterocycles. The monoisotopic (exact) mass is 275 g/mol. The normalized spacial score (nSPS) is 16.1. The zero-order valence-corrected chi connectivity index (χ0v) is 12.0. The number of carbonyl (C=O) groups is 2. The molecule has 0 aromatic heterocycles.